The zero-order valence-corrected chi connectivity index (χ0v) is 7.91. The van der Waals surface area contributed by atoms with Crippen molar-refractivity contribution in [3.8, 4) is 0 Å². The molecule has 0 atom stereocenters. The van der Waals surface area contributed by atoms with Crippen LogP contribution in [0.15, 0.2) is 0 Å². The van der Waals surface area contributed by atoms with E-state index < -0.39 is 13.7 Å². The molecule has 0 N–H and O–H groups in total. The molecule has 6 heavy (non-hydrogen) atoms. The Morgan fingerprint density at radius 1 is 1.00 bits per heavy atom. The first-order valence-electron chi connectivity index (χ1n) is 1.68. The van der Waals surface area contributed by atoms with E-state index in [9.17, 15) is 0 Å². The third-order valence-electron chi connectivity index (χ3n) is 0. The van der Waals surface area contributed by atoms with E-state index in [0.717, 1.165) is 0 Å². The van der Waals surface area contributed by atoms with Gasteiger partial charge in [-0.25, -0.2) is 0 Å². The molecule has 3 heteroatoms. The van der Waals surface area contributed by atoms with Gasteiger partial charge in [-0.3, -0.25) is 0 Å². The summed E-state index contributed by atoms with van der Waals surface area (Å²) in [5.74, 6) is 0. The molecule has 0 spiro atoms. The van der Waals surface area contributed by atoms with Crippen LogP contribution in [0, 0.1) is 0 Å². The average molecular weight is 209 g/mol. The monoisotopic (exact) mass is 208 g/mol. The van der Waals surface area contributed by atoms with Gasteiger partial charge in [-0.15, -0.1) is 0 Å². The van der Waals surface area contributed by atoms with Crippen LogP contribution >= 0.6 is 18.4 Å². The van der Waals surface area contributed by atoms with Crippen LogP contribution in [-0.2, 0) is 13.7 Å². The van der Waals surface area contributed by atoms with E-state index in [1.165, 1.54) is 0 Å². The molecular formula is C3H9Cl2Nb. The third kappa shape index (κ3) is 57.0. The summed E-state index contributed by atoms with van der Waals surface area (Å²) in [6, 6.07) is 0. The molecule has 0 rings (SSSR count). The summed E-state index contributed by atoms with van der Waals surface area (Å²) in [5.41, 5.74) is 0. The predicted octanol–water partition coefficient (Wildman–Crippen LogP) is 3.13. The molecule has 40 valence electrons. The number of halogens is 2. The number of hydrogen-bond donors (Lipinski definition) is 0. The van der Waals surface area contributed by atoms with Crippen molar-refractivity contribution in [3.63, 3.8) is 0 Å². The SMILES string of the molecule is [CH3][Nb]([CH3])([CH3])([Cl])[Cl]. The van der Waals surface area contributed by atoms with Gasteiger partial charge in [0.15, 0.2) is 0 Å². The van der Waals surface area contributed by atoms with Crippen molar-refractivity contribution in [1.29, 1.82) is 0 Å². The summed E-state index contributed by atoms with van der Waals surface area (Å²) in [4.78, 5) is 0. The zero-order chi connectivity index (χ0) is 5.45. The Morgan fingerprint density at radius 3 is 1.00 bits per heavy atom. The fraction of sp³-hybridized carbons (Fsp3) is 1.00. The Labute approximate surface area is 47.4 Å². The third-order valence-corrected chi connectivity index (χ3v) is 0. The minimum absolute atomic E-state index is 1.94. The number of hydrogen-bond acceptors (Lipinski definition) is 0. The molecule has 0 amide bonds. The molecule has 0 nitrogen and oxygen atoms in total. The molecule has 0 bridgehead atoms. The van der Waals surface area contributed by atoms with Crippen LogP contribution in [0.3, 0.4) is 0 Å². The fourth-order valence-electron chi connectivity index (χ4n) is 0. The van der Waals surface area contributed by atoms with E-state index in [1.54, 1.807) is 0 Å². The molecule has 0 radical (unpaired) electrons. The van der Waals surface area contributed by atoms with Gasteiger partial charge in [0.1, 0.15) is 0 Å². The van der Waals surface area contributed by atoms with Crippen LogP contribution in [0.1, 0.15) is 0 Å². The van der Waals surface area contributed by atoms with Gasteiger partial charge >= 0.3 is 47.5 Å². The number of rotatable bonds is 0. The summed E-state index contributed by atoms with van der Waals surface area (Å²) in [7, 11) is 11.5. The van der Waals surface area contributed by atoms with Crippen molar-refractivity contribution < 1.29 is 13.7 Å². The van der Waals surface area contributed by atoms with Crippen molar-refractivity contribution in [2.75, 3.05) is 0 Å². The van der Waals surface area contributed by atoms with Crippen LogP contribution in [0.4, 0.5) is 0 Å². The molecule has 0 aromatic rings. The quantitative estimate of drug-likeness (QED) is 0.537. The molecule has 0 aromatic heterocycles. The minimum atomic E-state index is -2.75. The molecule has 0 aliphatic rings. The Hall–Kier alpha value is 1.32. The van der Waals surface area contributed by atoms with E-state index in [-0.39, 0.29) is 0 Å². The van der Waals surface area contributed by atoms with Crippen molar-refractivity contribution in [2.45, 2.75) is 15.4 Å². The zero-order valence-electron chi connectivity index (χ0n) is 4.20. The van der Waals surface area contributed by atoms with Crippen LogP contribution in [0.25, 0.3) is 0 Å². The molecule has 0 heterocycles. The summed E-state index contributed by atoms with van der Waals surface area (Å²) in [6.45, 7) is 0. The second-order valence-electron chi connectivity index (χ2n) is 2.42. The van der Waals surface area contributed by atoms with E-state index in [1.807, 2.05) is 15.4 Å². The Kier molecular flexibility index (Phi) is 1.70. The second-order valence-corrected chi connectivity index (χ2v) is 29.3. The molecular weight excluding hydrogens is 200 g/mol. The molecule has 0 fully saturated rings. The van der Waals surface area contributed by atoms with Crippen molar-refractivity contribution in [2.24, 2.45) is 0 Å². The van der Waals surface area contributed by atoms with E-state index >= 15 is 0 Å². The van der Waals surface area contributed by atoms with Crippen molar-refractivity contribution >= 4 is 18.4 Å². The normalized spacial score (nSPS) is 19.2. The van der Waals surface area contributed by atoms with Gasteiger partial charge in [-0.1, -0.05) is 0 Å². The van der Waals surface area contributed by atoms with Gasteiger partial charge in [-0.05, 0) is 0 Å². The average Bonchev–Trinajstić information content (AvgIpc) is 0.650. The van der Waals surface area contributed by atoms with Gasteiger partial charge in [0.25, 0.3) is 0 Å². The first-order chi connectivity index (χ1) is 2.24. The summed E-state index contributed by atoms with van der Waals surface area (Å²) >= 11 is -2.75. The van der Waals surface area contributed by atoms with Crippen LogP contribution < -0.4 is 0 Å². The van der Waals surface area contributed by atoms with Gasteiger partial charge in [-0.2, -0.15) is 0 Å². The molecule has 0 aliphatic carbocycles. The maximum atomic E-state index is 5.75. The molecule has 0 unspecified atom stereocenters. The van der Waals surface area contributed by atoms with Gasteiger partial charge in [0.05, 0.1) is 0 Å². The van der Waals surface area contributed by atoms with E-state index in [4.69, 9.17) is 18.4 Å². The Morgan fingerprint density at radius 2 is 1.00 bits per heavy atom. The van der Waals surface area contributed by atoms with Crippen molar-refractivity contribution in [3.05, 3.63) is 0 Å². The van der Waals surface area contributed by atoms with Crippen LogP contribution in [-0.4, -0.2) is 0 Å². The van der Waals surface area contributed by atoms with Crippen LogP contribution in [0.2, 0.25) is 15.4 Å². The topological polar surface area (TPSA) is 0 Å². The standard InChI is InChI=1S/3CH3.2ClH.Nb/h3*1H3;2*1H;/q;;;;;+2/p-2. The van der Waals surface area contributed by atoms with Crippen LogP contribution in [0.5, 0.6) is 0 Å². The molecule has 0 saturated heterocycles. The maximum absolute atomic E-state index is 5.75. The van der Waals surface area contributed by atoms with E-state index in [0.29, 0.717) is 0 Å². The first-order valence-corrected chi connectivity index (χ1v) is 13.9. The second kappa shape index (κ2) is 1.40. The van der Waals surface area contributed by atoms with Gasteiger partial charge < -0.3 is 0 Å². The van der Waals surface area contributed by atoms with Crippen molar-refractivity contribution in [1.82, 2.24) is 0 Å². The summed E-state index contributed by atoms with van der Waals surface area (Å²) < 4.78 is 0. The summed E-state index contributed by atoms with van der Waals surface area (Å²) in [6.07, 6.45) is 0. The fourth-order valence-corrected chi connectivity index (χ4v) is 0. The first kappa shape index (κ1) is 7.32. The molecule has 0 aliphatic heterocycles. The summed E-state index contributed by atoms with van der Waals surface area (Å²) in [5, 5.41) is 5.82. The van der Waals surface area contributed by atoms with E-state index in [2.05, 4.69) is 0 Å². The Balaban J connectivity index is 3.73. The molecule has 0 aromatic carbocycles. The Bertz CT molecular complexity index is 42.0. The van der Waals surface area contributed by atoms with Gasteiger partial charge in [0, 0.05) is 0 Å². The predicted molar refractivity (Wildman–Crippen MR) is 29.3 cm³/mol. The van der Waals surface area contributed by atoms with Gasteiger partial charge in [0.2, 0.25) is 0 Å². The molecule has 0 saturated carbocycles.